The first-order valence-corrected chi connectivity index (χ1v) is 8.40. The summed E-state index contributed by atoms with van der Waals surface area (Å²) in [6.45, 7) is 0.749. The van der Waals surface area contributed by atoms with Gasteiger partial charge in [-0.05, 0) is 61.4 Å². The van der Waals surface area contributed by atoms with E-state index in [-0.39, 0.29) is 11.9 Å². The summed E-state index contributed by atoms with van der Waals surface area (Å²) in [6, 6.07) is 14.4. The zero-order chi connectivity index (χ0) is 18.4. The molecule has 1 aliphatic heterocycles. The van der Waals surface area contributed by atoms with E-state index in [0.717, 1.165) is 41.9 Å². The van der Waals surface area contributed by atoms with Gasteiger partial charge in [0.25, 0.3) is 0 Å². The second-order valence-electron chi connectivity index (χ2n) is 6.05. The maximum atomic E-state index is 12.2. The Kier molecular flexibility index (Phi) is 5.64. The van der Waals surface area contributed by atoms with Crippen LogP contribution in [-0.2, 0) is 9.59 Å². The van der Waals surface area contributed by atoms with Gasteiger partial charge in [-0.3, -0.25) is 15.4 Å². The summed E-state index contributed by atoms with van der Waals surface area (Å²) in [5, 5.41) is 7.06. The molecule has 0 spiro atoms. The molecule has 0 radical (unpaired) electrons. The van der Waals surface area contributed by atoms with E-state index in [1.165, 1.54) is 0 Å². The molecule has 0 aliphatic carbocycles. The van der Waals surface area contributed by atoms with E-state index in [0.29, 0.717) is 6.41 Å². The maximum absolute atomic E-state index is 12.2. The number of benzene rings is 2. The van der Waals surface area contributed by atoms with E-state index in [1.54, 1.807) is 17.1 Å². The lowest BCUT2D eigenvalue weighted by atomic mass is 10.1. The number of hydrazine groups is 1. The van der Waals surface area contributed by atoms with Crippen LogP contribution < -0.4 is 16.5 Å². The average molecular weight is 348 g/mol. The van der Waals surface area contributed by atoms with Gasteiger partial charge in [0.2, 0.25) is 12.3 Å². The predicted molar refractivity (Wildman–Crippen MR) is 101 cm³/mol. The number of nitrogens with zero attached hydrogens (tertiary/aromatic N) is 1. The Morgan fingerprint density at radius 3 is 2.12 bits per heavy atom. The fraction of sp³-hybridized carbons (Fsp3) is 0.200. The van der Waals surface area contributed by atoms with Gasteiger partial charge in [0.05, 0.1) is 0 Å². The van der Waals surface area contributed by atoms with Crippen LogP contribution in [0.5, 0.6) is 0 Å². The smallest absolute Gasteiger partial charge is 0.243 e. The van der Waals surface area contributed by atoms with Crippen molar-refractivity contribution in [2.75, 3.05) is 17.2 Å². The normalized spacial score (nSPS) is 16.4. The van der Waals surface area contributed by atoms with Gasteiger partial charge in [-0.25, -0.2) is 5.01 Å². The number of carbonyl (C=O) groups excluding carboxylic acids is 2. The van der Waals surface area contributed by atoms with Gasteiger partial charge >= 0.3 is 0 Å². The minimum Gasteiger partial charge on any atom is -0.329 e. The van der Waals surface area contributed by atoms with Crippen LogP contribution in [0.2, 0.25) is 0 Å². The molecule has 132 valence electrons. The Hall–Kier alpha value is -3.14. The highest BCUT2D eigenvalue weighted by Gasteiger charge is 2.28. The van der Waals surface area contributed by atoms with Gasteiger partial charge in [0.1, 0.15) is 6.04 Å². The first kappa shape index (κ1) is 17.7. The standard InChI is InChI=1S/C20H20N4O2/c21-24-13-1-2-19(24)20(26)23-18-11-7-16(8-12-18)4-3-15-5-9-17(10-6-15)22-14-25/h5-12,14,19H,1-2,13,21H2,(H,22,25)(H,23,26)/t19-/m0/s1. The van der Waals surface area contributed by atoms with Crippen molar-refractivity contribution in [1.82, 2.24) is 5.01 Å². The molecule has 0 unspecified atom stereocenters. The van der Waals surface area contributed by atoms with Gasteiger partial charge < -0.3 is 10.6 Å². The van der Waals surface area contributed by atoms with Crippen LogP contribution in [0.3, 0.4) is 0 Å². The van der Waals surface area contributed by atoms with Crippen LogP contribution in [-0.4, -0.2) is 29.9 Å². The maximum Gasteiger partial charge on any atom is 0.243 e. The molecule has 3 rings (SSSR count). The highest BCUT2D eigenvalue weighted by Crippen LogP contribution is 2.16. The van der Waals surface area contributed by atoms with E-state index < -0.39 is 0 Å². The van der Waals surface area contributed by atoms with E-state index in [4.69, 9.17) is 5.84 Å². The Morgan fingerprint density at radius 2 is 1.62 bits per heavy atom. The predicted octanol–water partition coefficient (Wildman–Crippen LogP) is 1.93. The number of hydrogen-bond donors (Lipinski definition) is 3. The molecule has 0 aromatic heterocycles. The molecule has 1 heterocycles. The van der Waals surface area contributed by atoms with Crippen LogP contribution in [0.25, 0.3) is 0 Å². The number of amides is 2. The van der Waals surface area contributed by atoms with E-state index in [9.17, 15) is 9.59 Å². The van der Waals surface area contributed by atoms with E-state index in [1.807, 2.05) is 36.4 Å². The molecule has 2 aromatic carbocycles. The molecule has 6 nitrogen and oxygen atoms in total. The second kappa shape index (κ2) is 8.30. The quantitative estimate of drug-likeness (QED) is 0.448. The summed E-state index contributed by atoms with van der Waals surface area (Å²) in [6.07, 6.45) is 2.36. The summed E-state index contributed by atoms with van der Waals surface area (Å²) in [4.78, 5) is 22.6. The van der Waals surface area contributed by atoms with Crippen molar-refractivity contribution in [1.29, 1.82) is 0 Å². The highest BCUT2D eigenvalue weighted by atomic mass is 16.2. The first-order valence-electron chi connectivity index (χ1n) is 8.40. The van der Waals surface area contributed by atoms with Gasteiger partial charge in [0.15, 0.2) is 0 Å². The van der Waals surface area contributed by atoms with Crippen LogP contribution in [0, 0.1) is 11.8 Å². The molecule has 4 N–H and O–H groups in total. The summed E-state index contributed by atoms with van der Waals surface area (Å²) >= 11 is 0. The fourth-order valence-corrected chi connectivity index (χ4v) is 2.80. The number of rotatable bonds is 4. The summed E-state index contributed by atoms with van der Waals surface area (Å²) in [7, 11) is 0. The first-order chi connectivity index (χ1) is 12.7. The zero-order valence-corrected chi connectivity index (χ0v) is 14.2. The minimum atomic E-state index is -0.258. The molecule has 0 saturated carbocycles. The number of anilines is 2. The number of carbonyl (C=O) groups is 2. The largest absolute Gasteiger partial charge is 0.329 e. The number of hydrogen-bond acceptors (Lipinski definition) is 4. The third-order valence-electron chi connectivity index (χ3n) is 4.21. The molecule has 1 saturated heterocycles. The van der Waals surface area contributed by atoms with E-state index >= 15 is 0 Å². The van der Waals surface area contributed by atoms with Crippen LogP contribution >= 0.6 is 0 Å². The van der Waals surface area contributed by atoms with Crippen molar-refractivity contribution < 1.29 is 9.59 Å². The van der Waals surface area contributed by atoms with Crippen LogP contribution in [0.1, 0.15) is 24.0 Å². The molecular formula is C20H20N4O2. The van der Waals surface area contributed by atoms with Crippen molar-refractivity contribution in [2.45, 2.75) is 18.9 Å². The highest BCUT2D eigenvalue weighted by molar-refractivity contribution is 5.95. The van der Waals surface area contributed by atoms with Crippen molar-refractivity contribution >= 4 is 23.7 Å². The third-order valence-corrected chi connectivity index (χ3v) is 4.21. The molecule has 2 amide bonds. The summed E-state index contributed by atoms with van der Waals surface area (Å²) < 4.78 is 0. The molecule has 26 heavy (non-hydrogen) atoms. The lowest BCUT2D eigenvalue weighted by Gasteiger charge is -2.18. The van der Waals surface area contributed by atoms with Crippen molar-refractivity contribution in [3.63, 3.8) is 0 Å². The van der Waals surface area contributed by atoms with Crippen molar-refractivity contribution in [3.05, 3.63) is 59.7 Å². The molecule has 0 bridgehead atoms. The molecular weight excluding hydrogens is 328 g/mol. The van der Waals surface area contributed by atoms with Crippen LogP contribution in [0.4, 0.5) is 11.4 Å². The summed E-state index contributed by atoms with van der Waals surface area (Å²) in [5.41, 5.74) is 3.15. The van der Waals surface area contributed by atoms with Gasteiger partial charge in [-0.1, -0.05) is 11.8 Å². The van der Waals surface area contributed by atoms with Gasteiger partial charge in [-0.2, -0.15) is 0 Å². The molecule has 1 fully saturated rings. The molecule has 6 heteroatoms. The SMILES string of the molecule is NN1CCC[C@H]1C(=O)Nc1ccc(C#Cc2ccc(NC=O)cc2)cc1. The average Bonchev–Trinajstić information content (AvgIpc) is 3.09. The van der Waals surface area contributed by atoms with Crippen LogP contribution in [0.15, 0.2) is 48.5 Å². The van der Waals surface area contributed by atoms with Gasteiger partial charge in [-0.15, -0.1) is 0 Å². The monoisotopic (exact) mass is 348 g/mol. The van der Waals surface area contributed by atoms with Crippen molar-refractivity contribution in [2.24, 2.45) is 5.84 Å². The Bertz CT molecular complexity index is 835. The zero-order valence-electron chi connectivity index (χ0n) is 14.2. The fourth-order valence-electron chi connectivity index (χ4n) is 2.80. The lowest BCUT2D eigenvalue weighted by molar-refractivity contribution is -0.120. The van der Waals surface area contributed by atoms with E-state index in [2.05, 4.69) is 22.5 Å². The van der Waals surface area contributed by atoms with Crippen molar-refractivity contribution in [3.8, 4) is 11.8 Å². The lowest BCUT2D eigenvalue weighted by Crippen LogP contribution is -2.43. The Balaban J connectivity index is 1.61. The number of nitrogens with two attached hydrogens (primary N) is 1. The minimum absolute atomic E-state index is 0.0761. The van der Waals surface area contributed by atoms with Gasteiger partial charge in [0, 0.05) is 29.0 Å². The molecule has 1 aliphatic rings. The second-order valence-corrected chi connectivity index (χ2v) is 6.05. The summed E-state index contributed by atoms with van der Waals surface area (Å²) in [5.74, 6) is 11.9. The molecule has 1 atom stereocenters. The number of nitrogens with one attached hydrogen (secondary N) is 2. The Labute approximate surface area is 152 Å². The molecule has 2 aromatic rings. The Morgan fingerprint density at radius 1 is 1.04 bits per heavy atom. The third kappa shape index (κ3) is 4.48. The topological polar surface area (TPSA) is 87.5 Å².